The summed E-state index contributed by atoms with van der Waals surface area (Å²) in [7, 11) is 0. The van der Waals surface area contributed by atoms with E-state index in [1.807, 2.05) is 18.2 Å². The van der Waals surface area contributed by atoms with Crippen LogP contribution in [0.4, 0.5) is 4.39 Å². The van der Waals surface area contributed by atoms with Crippen molar-refractivity contribution in [3.63, 3.8) is 0 Å². The molecule has 3 heteroatoms. The third-order valence-corrected chi connectivity index (χ3v) is 4.02. The lowest BCUT2D eigenvalue weighted by atomic mass is 10.00. The third-order valence-electron chi connectivity index (χ3n) is 3.64. The first-order valence-corrected chi connectivity index (χ1v) is 6.91. The summed E-state index contributed by atoms with van der Waals surface area (Å²) < 4.78 is 13.4. The van der Waals surface area contributed by atoms with Crippen LogP contribution in [-0.2, 0) is 0 Å². The molecule has 1 saturated heterocycles. The Bertz CT molecular complexity index is 574. The fraction of sp³-hybridized carbons (Fsp3) is 0.250. The van der Waals surface area contributed by atoms with Gasteiger partial charge < -0.3 is 5.32 Å². The van der Waals surface area contributed by atoms with Gasteiger partial charge in [-0.1, -0.05) is 48.0 Å². The number of hydrogen-bond donors (Lipinski definition) is 1. The molecule has 1 aliphatic rings. The summed E-state index contributed by atoms with van der Waals surface area (Å²) in [5.41, 5.74) is 2.98. The summed E-state index contributed by atoms with van der Waals surface area (Å²) in [6, 6.07) is 13.6. The number of halogens is 2. The Hall–Kier alpha value is -1.38. The molecule has 1 fully saturated rings. The maximum atomic E-state index is 13.4. The summed E-state index contributed by atoms with van der Waals surface area (Å²) in [6.07, 6.45) is 2.40. The molecule has 1 heterocycles. The summed E-state index contributed by atoms with van der Waals surface area (Å²) in [4.78, 5) is 0. The molecule has 1 unspecified atom stereocenters. The van der Waals surface area contributed by atoms with Crippen LogP contribution >= 0.6 is 11.6 Å². The summed E-state index contributed by atoms with van der Waals surface area (Å²) >= 11 is 6.01. The Morgan fingerprint density at radius 2 is 1.89 bits per heavy atom. The molecule has 2 aromatic rings. The van der Waals surface area contributed by atoms with Crippen LogP contribution in [0.5, 0.6) is 0 Å². The van der Waals surface area contributed by atoms with Gasteiger partial charge in [-0.2, -0.15) is 0 Å². The van der Waals surface area contributed by atoms with Crippen molar-refractivity contribution < 1.29 is 4.39 Å². The molecular weight excluding hydrogens is 261 g/mol. The standard InChI is InChI=1S/C16H15ClFN/c17-16-13(3-1-4-14(16)18)11-6-8-12(9-7-11)15-5-2-10-19-15/h1,3-4,6-9,15,19H,2,5,10H2. The SMILES string of the molecule is Fc1cccc(-c2ccc(C3CCCN3)cc2)c1Cl. The van der Waals surface area contributed by atoms with Crippen molar-refractivity contribution in [1.82, 2.24) is 5.32 Å². The second-order valence-corrected chi connectivity index (χ2v) is 5.25. The van der Waals surface area contributed by atoms with Crippen LogP contribution in [0, 0.1) is 5.82 Å². The minimum absolute atomic E-state index is 0.189. The highest BCUT2D eigenvalue weighted by atomic mass is 35.5. The predicted molar refractivity (Wildman–Crippen MR) is 76.8 cm³/mol. The van der Waals surface area contributed by atoms with Gasteiger partial charge in [0.15, 0.2) is 0 Å². The van der Waals surface area contributed by atoms with Crippen LogP contribution in [0.2, 0.25) is 5.02 Å². The lowest BCUT2D eigenvalue weighted by Gasteiger charge is -2.12. The highest BCUT2D eigenvalue weighted by molar-refractivity contribution is 6.33. The second-order valence-electron chi connectivity index (χ2n) is 4.87. The van der Waals surface area contributed by atoms with Gasteiger partial charge in [0.2, 0.25) is 0 Å². The highest BCUT2D eigenvalue weighted by Crippen LogP contribution is 2.31. The Morgan fingerprint density at radius 3 is 2.58 bits per heavy atom. The fourth-order valence-electron chi connectivity index (χ4n) is 2.59. The van der Waals surface area contributed by atoms with Crippen molar-refractivity contribution in [3.8, 4) is 11.1 Å². The van der Waals surface area contributed by atoms with Crippen LogP contribution in [-0.4, -0.2) is 6.54 Å². The lowest BCUT2D eigenvalue weighted by Crippen LogP contribution is -2.12. The molecule has 1 nitrogen and oxygen atoms in total. The molecule has 0 radical (unpaired) electrons. The molecule has 1 N–H and O–H groups in total. The average Bonchev–Trinajstić information content (AvgIpc) is 2.96. The Labute approximate surface area is 117 Å². The zero-order valence-corrected chi connectivity index (χ0v) is 11.3. The van der Waals surface area contributed by atoms with Gasteiger partial charge in [0.25, 0.3) is 0 Å². The van der Waals surface area contributed by atoms with Crippen molar-refractivity contribution in [1.29, 1.82) is 0 Å². The van der Waals surface area contributed by atoms with Gasteiger partial charge in [0, 0.05) is 11.6 Å². The van der Waals surface area contributed by atoms with Gasteiger partial charge >= 0.3 is 0 Å². The van der Waals surface area contributed by atoms with Gasteiger partial charge in [-0.3, -0.25) is 0 Å². The van der Waals surface area contributed by atoms with E-state index in [0.29, 0.717) is 6.04 Å². The molecule has 19 heavy (non-hydrogen) atoms. The molecule has 0 amide bonds. The summed E-state index contributed by atoms with van der Waals surface area (Å²) in [5, 5.41) is 3.66. The van der Waals surface area contributed by atoms with Gasteiger partial charge in [-0.25, -0.2) is 4.39 Å². The maximum Gasteiger partial charge on any atom is 0.142 e. The van der Waals surface area contributed by atoms with Crippen LogP contribution in [0.3, 0.4) is 0 Å². The topological polar surface area (TPSA) is 12.0 Å². The quantitative estimate of drug-likeness (QED) is 0.846. The number of rotatable bonds is 2. The molecule has 98 valence electrons. The minimum Gasteiger partial charge on any atom is -0.310 e. The van der Waals surface area contributed by atoms with Crippen LogP contribution in [0.25, 0.3) is 11.1 Å². The van der Waals surface area contributed by atoms with Crippen LogP contribution in [0.1, 0.15) is 24.4 Å². The van der Waals surface area contributed by atoms with E-state index in [9.17, 15) is 4.39 Å². The van der Waals surface area contributed by atoms with E-state index >= 15 is 0 Å². The molecule has 3 rings (SSSR count). The van der Waals surface area contributed by atoms with E-state index in [2.05, 4.69) is 17.4 Å². The van der Waals surface area contributed by atoms with Crippen molar-refractivity contribution >= 4 is 11.6 Å². The smallest absolute Gasteiger partial charge is 0.142 e. The molecular formula is C16H15ClFN. The Kier molecular flexibility index (Phi) is 3.54. The lowest BCUT2D eigenvalue weighted by molar-refractivity contribution is 0.629. The fourth-order valence-corrected chi connectivity index (χ4v) is 2.83. The predicted octanol–water partition coefficient (Wildman–Crippen LogP) is 4.57. The zero-order chi connectivity index (χ0) is 13.2. The Morgan fingerprint density at radius 1 is 1.11 bits per heavy atom. The van der Waals surface area contributed by atoms with E-state index < -0.39 is 0 Å². The molecule has 0 aliphatic carbocycles. The normalized spacial score (nSPS) is 18.7. The molecule has 1 aliphatic heterocycles. The van der Waals surface area contributed by atoms with E-state index in [-0.39, 0.29) is 10.8 Å². The van der Waals surface area contributed by atoms with Crippen molar-refractivity contribution in [2.24, 2.45) is 0 Å². The van der Waals surface area contributed by atoms with Gasteiger partial charge in [-0.15, -0.1) is 0 Å². The molecule has 0 saturated carbocycles. The van der Waals surface area contributed by atoms with E-state index in [1.165, 1.54) is 24.5 Å². The van der Waals surface area contributed by atoms with Crippen molar-refractivity contribution in [2.75, 3.05) is 6.54 Å². The first kappa shape index (κ1) is 12.6. The van der Waals surface area contributed by atoms with E-state index in [0.717, 1.165) is 17.7 Å². The number of hydrogen-bond acceptors (Lipinski definition) is 1. The average molecular weight is 276 g/mol. The van der Waals surface area contributed by atoms with Crippen molar-refractivity contribution in [3.05, 3.63) is 58.9 Å². The first-order valence-electron chi connectivity index (χ1n) is 6.53. The van der Waals surface area contributed by atoms with Gasteiger partial charge in [0.1, 0.15) is 5.82 Å². The minimum atomic E-state index is -0.374. The van der Waals surface area contributed by atoms with E-state index in [4.69, 9.17) is 11.6 Å². The summed E-state index contributed by atoms with van der Waals surface area (Å²) in [5.74, 6) is -0.374. The number of benzene rings is 2. The largest absolute Gasteiger partial charge is 0.310 e. The molecule has 0 bridgehead atoms. The molecule has 2 aromatic carbocycles. The van der Waals surface area contributed by atoms with Crippen molar-refractivity contribution in [2.45, 2.75) is 18.9 Å². The summed E-state index contributed by atoms with van der Waals surface area (Å²) in [6.45, 7) is 1.09. The Balaban J connectivity index is 1.91. The molecule has 0 aromatic heterocycles. The van der Waals surface area contributed by atoms with Crippen LogP contribution < -0.4 is 5.32 Å². The van der Waals surface area contributed by atoms with E-state index in [1.54, 1.807) is 6.07 Å². The molecule has 0 spiro atoms. The third kappa shape index (κ3) is 2.51. The van der Waals surface area contributed by atoms with Crippen LogP contribution in [0.15, 0.2) is 42.5 Å². The second kappa shape index (κ2) is 5.32. The zero-order valence-electron chi connectivity index (χ0n) is 10.5. The maximum absolute atomic E-state index is 13.4. The highest BCUT2D eigenvalue weighted by Gasteiger charge is 2.16. The first-order chi connectivity index (χ1) is 9.25. The molecule has 1 atom stereocenters. The monoisotopic (exact) mass is 275 g/mol. The number of nitrogens with one attached hydrogen (secondary N) is 1. The van der Waals surface area contributed by atoms with Gasteiger partial charge in [-0.05, 0) is 36.6 Å². The van der Waals surface area contributed by atoms with Gasteiger partial charge in [0.05, 0.1) is 5.02 Å².